The van der Waals surface area contributed by atoms with Crippen molar-refractivity contribution in [1.29, 1.82) is 0 Å². The molecule has 0 amide bonds. The summed E-state index contributed by atoms with van der Waals surface area (Å²) in [6.07, 6.45) is 10.2. The Morgan fingerprint density at radius 3 is 1.80 bits per heavy atom. The summed E-state index contributed by atoms with van der Waals surface area (Å²) >= 11 is 0. The van der Waals surface area contributed by atoms with Crippen LogP contribution in [0, 0.1) is 0 Å². The van der Waals surface area contributed by atoms with Crippen LogP contribution < -0.4 is 0 Å². The Balaban J connectivity index is 0.00000231. The van der Waals surface area contributed by atoms with Gasteiger partial charge in [-0.1, -0.05) is 198 Å². The minimum Gasteiger partial charge on any atom is -0.277 e. The molecule has 0 N–H and O–H groups in total. The van der Waals surface area contributed by atoms with E-state index in [1.165, 1.54) is 44.5 Å². The standard InChI is InChI=1S/C60H43N3.C2H6/c1-60(2)53-29-11-5-10-26-47(53)48-33-32-44(38-54(48)60)42-23-16-22-41(34-42)43-24-17-25-45(35-43)51-36-46(39-18-6-3-7-19-39)37-52-49-27-13-15-31-56(49)63(58(51)52)59-61-55-30-14-12-28-50(55)57(62-59)40-20-8-4-9-21-40;1-2/h3-4,6-38H,5H2,1-2H3;1-2H3. The fourth-order valence-electron chi connectivity index (χ4n) is 10.1. The molecule has 0 aliphatic heterocycles. The van der Waals surface area contributed by atoms with Gasteiger partial charge in [0, 0.05) is 32.7 Å². The molecule has 2 heterocycles. The second kappa shape index (κ2) is 16.3. The van der Waals surface area contributed by atoms with E-state index in [4.69, 9.17) is 9.97 Å². The summed E-state index contributed by atoms with van der Waals surface area (Å²) in [7, 11) is 0. The van der Waals surface area contributed by atoms with E-state index >= 15 is 0 Å². The molecule has 0 saturated carbocycles. The maximum Gasteiger partial charge on any atom is 0.235 e. The van der Waals surface area contributed by atoms with Crippen LogP contribution in [-0.4, -0.2) is 14.5 Å². The number of hydrogen-bond acceptors (Lipinski definition) is 2. The minimum atomic E-state index is -0.0686. The molecule has 0 saturated heterocycles. The number of nitrogens with zero attached hydrogens (tertiary/aromatic N) is 3. The molecule has 0 unspecified atom stereocenters. The van der Waals surface area contributed by atoms with Crippen molar-refractivity contribution < 1.29 is 0 Å². The lowest BCUT2D eigenvalue weighted by molar-refractivity contribution is 0.654. The Morgan fingerprint density at radius 2 is 1.05 bits per heavy atom. The molecule has 2 aliphatic carbocycles. The lowest BCUT2D eigenvalue weighted by Crippen LogP contribution is -2.16. The predicted octanol–water partition coefficient (Wildman–Crippen LogP) is 16.6. The Hall–Kier alpha value is -7.88. The normalized spacial score (nSPS) is 13.7. The first-order valence-corrected chi connectivity index (χ1v) is 22.9. The minimum absolute atomic E-state index is 0.0686. The molecule has 8 aromatic carbocycles. The number of allylic oxidation sites excluding steroid dienone is 6. The molecule has 65 heavy (non-hydrogen) atoms. The average Bonchev–Trinajstić information content (AvgIpc) is 3.65. The summed E-state index contributed by atoms with van der Waals surface area (Å²) in [4.78, 5) is 10.8. The van der Waals surface area contributed by atoms with E-state index in [9.17, 15) is 0 Å². The molecule has 12 rings (SSSR count). The van der Waals surface area contributed by atoms with E-state index < -0.39 is 0 Å². The molecular formula is C62H49N3. The van der Waals surface area contributed by atoms with E-state index in [1.54, 1.807) is 0 Å². The molecule has 3 nitrogen and oxygen atoms in total. The van der Waals surface area contributed by atoms with Crippen LogP contribution >= 0.6 is 0 Å². The van der Waals surface area contributed by atoms with Gasteiger partial charge in [-0.15, -0.1) is 0 Å². The largest absolute Gasteiger partial charge is 0.277 e. The highest BCUT2D eigenvalue weighted by atomic mass is 15.2. The van der Waals surface area contributed by atoms with Gasteiger partial charge in [0.1, 0.15) is 0 Å². The second-order valence-electron chi connectivity index (χ2n) is 17.3. The van der Waals surface area contributed by atoms with Crippen LogP contribution in [0.4, 0.5) is 0 Å². The maximum atomic E-state index is 5.43. The zero-order valence-corrected chi connectivity index (χ0v) is 37.3. The quantitative estimate of drug-likeness (QED) is 0.167. The van der Waals surface area contributed by atoms with Gasteiger partial charge >= 0.3 is 0 Å². The SMILES string of the molecule is CC.CC1(C)C2=C(C=CCC=C2)c2ccc(-c3cccc(-c4cccc(-c5cc(-c6ccccc6)cc6c7ccccc7n(-c7nc(-c8ccccc8)c8ccccc8n7)c56)c4)c3)cc21. The third-order valence-electron chi connectivity index (χ3n) is 13.2. The molecular weight excluding hydrogens is 787 g/mol. The molecule has 10 aromatic rings. The zero-order chi connectivity index (χ0) is 44.1. The Bertz CT molecular complexity index is 3550. The van der Waals surface area contributed by atoms with Crippen LogP contribution in [0.3, 0.4) is 0 Å². The van der Waals surface area contributed by atoms with Crippen LogP contribution in [-0.2, 0) is 5.41 Å². The van der Waals surface area contributed by atoms with E-state index in [2.05, 4.69) is 231 Å². The lowest BCUT2D eigenvalue weighted by atomic mass is 9.80. The number of aromatic nitrogens is 3. The predicted molar refractivity (Wildman–Crippen MR) is 275 cm³/mol. The van der Waals surface area contributed by atoms with E-state index in [0.717, 1.165) is 72.6 Å². The maximum absolute atomic E-state index is 5.43. The van der Waals surface area contributed by atoms with Crippen molar-refractivity contribution in [2.75, 3.05) is 0 Å². The van der Waals surface area contributed by atoms with Gasteiger partial charge in [0.2, 0.25) is 5.95 Å². The van der Waals surface area contributed by atoms with Crippen LogP contribution in [0.15, 0.2) is 218 Å². The van der Waals surface area contributed by atoms with Gasteiger partial charge in [-0.25, -0.2) is 9.97 Å². The summed E-state index contributed by atoms with van der Waals surface area (Å²) in [5, 5.41) is 3.34. The molecule has 0 radical (unpaired) electrons. The van der Waals surface area contributed by atoms with Crippen molar-refractivity contribution in [2.24, 2.45) is 0 Å². The Labute approximate surface area is 381 Å². The summed E-state index contributed by atoms with van der Waals surface area (Å²) in [6, 6.07) is 68.0. The highest BCUT2D eigenvalue weighted by Gasteiger charge is 2.36. The van der Waals surface area contributed by atoms with Gasteiger partial charge in [0.05, 0.1) is 22.2 Å². The van der Waals surface area contributed by atoms with Crippen molar-refractivity contribution in [3.63, 3.8) is 0 Å². The van der Waals surface area contributed by atoms with Crippen LogP contribution in [0.1, 0.15) is 45.2 Å². The highest BCUT2D eigenvalue weighted by Crippen LogP contribution is 2.49. The molecule has 0 bridgehead atoms. The lowest BCUT2D eigenvalue weighted by Gasteiger charge is -2.23. The average molecular weight is 836 g/mol. The van der Waals surface area contributed by atoms with Gasteiger partial charge in [-0.3, -0.25) is 4.57 Å². The van der Waals surface area contributed by atoms with Crippen molar-refractivity contribution >= 4 is 38.3 Å². The molecule has 2 aromatic heterocycles. The van der Waals surface area contributed by atoms with Gasteiger partial charge in [0.15, 0.2) is 0 Å². The number of benzene rings is 8. The second-order valence-corrected chi connectivity index (χ2v) is 17.3. The van der Waals surface area contributed by atoms with E-state index in [-0.39, 0.29) is 5.41 Å². The fourth-order valence-corrected chi connectivity index (χ4v) is 10.1. The van der Waals surface area contributed by atoms with Crippen molar-refractivity contribution in [1.82, 2.24) is 14.5 Å². The smallest absolute Gasteiger partial charge is 0.235 e. The summed E-state index contributed by atoms with van der Waals surface area (Å²) in [5.74, 6) is 0.646. The first-order valence-electron chi connectivity index (χ1n) is 22.9. The van der Waals surface area contributed by atoms with Crippen molar-refractivity contribution in [2.45, 2.75) is 39.5 Å². The molecule has 0 spiro atoms. The molecule has 312 valence electrons. The van der Waals surface area contributed by atoms with E-state index in [1.807, 2.05) is 13.8 Å². The number of fused-ring (bicyclic) bond motifs is 6. The number of para-hydroxylation sites is 2. The number of hydrogen-bond donors (Lipinski definition) is 0. The molecule has 2 aliphatic rings. The van der Waals surface area contributed by atoms with Crippen molar-refractivity contribution in [3.05, 3.63) is 229 Å². The molecule has 0 atom stereocenters. The third-order valence-corrected chi connectivity index (χ3v) is 13.2. The summed E-state index contributed by atoms with van der Waals surface area (Å²) < 4.78 is 2.29. The summed E-state index contributed by atoms with van der Waals surface area (Å²) in [5.41, 5.74) is 19.8. The fraction of sp³-hybridized carbons (Fsp3) is 0.0968. The van der Waals surface area contributed by atoms with Gasteiger partial charge in [-0.05, 0) is 110 Å². The van der Waals surface area contributed by atoms with Crippen LogP contribution in [0.25, 0.3) is 100.0 Å². The first-order chi connectivity index (χ1) is 32.0. The first kappa shape index (κ1) is 39.9. The van der Waals surface area contributed by atoms with E-state index in [0.29, 0.717) is 5.95 Å². The molecule has 3 heteroatoms. The van der Waals surface area contributed by atoms with Crippen LogP contribution in [0.2, 0.25) is 0 Å². The van der Waals surface area contributed by atoms with Gasteiger partial charge in [-0.2, -0.15) is 0 Å². The van der Waals surface area contributed by atoms with Crippen molar-refractivity contribution in [3.8, 4) is 61.7 Å². The zero-order valence-electron chi connectivity index (χ0n) is 37.3. The number of rotatable bonds is 6. The van der Waals surface area contributed by atoms with Gasteiger partial charge < -0.3 is 0 Å². The monoisotopic (exact) mass is 835 g/mol. The van der Waals surface area contributed by atoms with Gasteiger partial charge in [0.25, 0.3) is 0 Å². The Kier molecular flexibility index (Phi) is 10.0. The Morgan fingerprint density at radius 1 is 0.446 bits per heavy atom. The molecule has 0 fully saturated rings. The summed E-state index contributed by atoms with van der Waals surface area (Å²) in [6.45, 7) is 8.72. The topological polar surface area (TPSA) is 30.7 Å². The third kappa shape index (κ3) is 6.83. The van der Waals surface area contributed by atoms with Crippen LogP contribution in [0.5, 0.6) is 0 Å². The highest BCUT2D eigenvalue weighted by molar-refractivity contribution is 6.15.